The van der Waals surface area contributed by atoms with Gasteiger partial charge in [0.25, 0.3) is 0 Å². The van der Waals surface area contributed by atoms with E-state index in [0.29, 0.717) is 6.54 Å². The van der Waals surface area contributed by atoms with Gasteiger partial charge in [-0.3, -0.25) is 9.19 Å². The predicted octanol–water partition coefficient (Wildman–Crippen LogP) is -0.0347. The zero-order valence-electron chi connectivity index (χ0n) is 5.69. The van der Waals surface area contributed by atoms with E-state index in [4.69, 9.17) is 0 Å². The molecule has 1 unspecified atom stereocenters. The highest BCUT2D eigenvalue weighted by Gasteiger charge is 1.88. The van der Waals surface area contributed by atoms with Gasteiger partial charge in [-0.25, -0.2) is 4.72 Å². The first-order valence-electron chi connectivity index (χ1n) is 3.00. The molecule has 11 heavy (non-hydrogen) atoms. The van der Waals surface area contributed by atoms with Gasteiger partial charge in [-0.1, -0.05) is 0 Å². The van der Waals surface area contributed by atoms with Crippen LogP contribution in [0.3, 0.4) is 0 Å². The van der Waals surface area contributed by atoms with Gasteiger partial charge in [-0.15, -0.1) is 0 Å². The zero-order chi connectivity index (χ0) is 8.10. The molecular formula is C6H7N2O2S-. The van der Waals surface area contributed by atoms with Gasteiger partial charge in [0.05, 0.1) is 0 Å². The molecule has 1 N–H and O–H groups in total. The fraction of sp³-hybridized carbons (Fsp3) is 0.167. The average Bonchev–Trinajstić information content (AvgIpc) is 2.03. The van der Waals surface area contributed by atoms with Gasteiger partial charge in [0.1, 0.15) is 0 Å². The fourth-order valence-corrected chi connectivity index (χ4v) is 0.927. The van der Waals surface area contributed by atoms with Crippen molar-refractivity contribution in [1.29, 1.82) is 0 Å². The summed E-state index contributed by atoms with van der Waals surface area (Å²) >= 11 is -2.19. The summed E-state index contributed by atoms with van der Waals surface area (Å²) in [5.74, 6) is 0. The van der Waals surface area contributed by atoms with Crippen LogP contribution in [0.25, 0.3) is 0 Å². The molecule has 0 spiro atoms. The predicted molar refractivity (Wildman–Crippen MR) is 40.0 cm³/mol. The topological polar surface area (TPSA) is 65.0 Å². The molecular weight excluding hydrogens is 164 g/mol. The van der Waals surface area contributed by atoms with Crippen molar-refractivity contribution in [1.82, 2.24) is 9.71 Å². The van der Waals surface area contributed by atoms with Crippen LogP contribution in [0, 0.1) is 0 Å². The zero-order valence-corrected chi connectivity index (χ0v) is 6.50. The van der Waals surface area contributed by atoms with Crippen LogP contribution in [0.5, 0.6) is 0 Å². The molecule has 4 nitrogen and oxygen atoms in total. The van der Waals surface area contributed by atoms with Gasteiger partial charge in [0.2, 0.25) is 0 Å². The molecule has 0 aromatic carbocycles. The van der Waals surface area contributed by atoms with Crippen LogP contribution in [-0.2, 0) is 17.8 Å². The average molecular weight is 171 g/mol. The molecule has 0 aliphatic carbocycles. The molecule has 0 radical (unpaired) electrons. The Bertz CT molecular complexity index is 240. The number of hydrogen-bond donors (Lipinski definition) is 1. The van der Waals surface area contributed by atoms with Gasteiger partial charge >= 0.3 is 0 Å². The second-order valence-electron chi connectivity index (χ2n) is 1.91. The number of nitrogens with one attached hydrogen (secondary N) is 1. The van der Waals surface area contributed by atoms with E-state index in [1.165, 1.54) is 0 Å². The second-order valence-corrected chi connectivity index (χ2v) is 2.67. The molecule has 1 aromatic rings. The molecule has 0 saturated heterocycles. The van der Waals surface area contributed by atoms with Gasteiger partial charge in [0.15, 0.2) is 0 Å². The second kappa shape index (κ2) is 4.17. The van der Waals surface area contributed by atoms with Gasteiger partial charge in [-0.05, 0) is 17.7 Å². The first kappa shape index (κ1) is 8.32. The number of rotatable bonds is 3. The third kappa shape index (κ3) is 3.22. The molecule has 1 heterocycles. The van der Waals surface area contributed by atoms with Crippen LogP contribution in [0.15, 0.2) is 24.5 Å². The van der Waals surface area contributed by atoms with Crippen molar-refractivity contribution in [3.8, 4) is 0 Å². The van der Waals surface area contributed by atoms with Crippen molar-refractivity contribution >= 4 is 11.3 Å². The van der Waals surface area contributed by atoms with Crippen molar-refractivity contribution < 1.29 is 8.76 Å². The Kier molecular flexibility index (Phi) is 3.15. The smallest absolute Gasteiger partial charge is 0.0323 e. The maximum absolute atomic E-state index is 10.0. The first-order chi connectivity index (χ1) is 5.29. The van der Waals surface area contributed by atoms with E-state index < -0.39 is 11.3 Å². The Labute approximate surface area is 67.1 Å². The minimum atomic E-state index is -2.19. The van der Waals surface area contributed by atoms with E-state index in [0.717, 1.165) is 5.56 Å². The van der Waals surface area contributed by atoms with E-state index in [-0.39, 0.29) is 0 Å². The lowest BCUT2D eigenvalue weighted by molar-refractivity contribution is 0.522. The first-order valence-corrected chi connectivity index (χ1v) is 4.08. The van der Waals surface area contributed by atoms with Crippen LogP contribution in [0.2, 0.25) is 0 Å². The normalized spacial score (nSPS) is 12.8. The molecule has 0 fully saturated rings. The highest BCUT2D eigenvalue weighted by molar-refractivity contribution is 7.77. The van der Waals surface area contributed by atoms with Crippen molar-refractivity contribution in [2.24, 2.45) is 0 Å². The van der Waals surface area contributed by atoms with E-state index in [1.54, 1.807) is 24.5 Å². The number of aromatic nitrogens is 1. The third-order valence-electron chi connectivity index (χ3n) is 1.14. The molecule has 0 bridgehead atoms. The van der Waals surface area contributed by atoms with Crippen LogP contribution in [0.1, 0.15) is 5.56 Å². The molecule has 1 atom stereocenters. The lowest BCUT2D eigenvalue weighted by Crippen LogP contribution is -2.15. The van der Waals surface area contributed by atoms with E-state index >= 15 is 0 Å². The van der Waals surface area contributed by atoms with Crippen LogP contribution < -0.4 is 4.72 Å². The summed E-state index contributed by atoms with van der Waals surface area (Å²) in [6.45, 7) is 0.318. The van der Waals surface area contributed by atoms with E-state index in [9.17, 15) is 8.76 Å². The standard InChI is InChI=1S/C6H8N2O2S/c9-11(10)8-5-6-1-3-7-4-2-6/h1-4,8H,5H2,(H,9,10)/p-1. The molecule has 1 rings (SSSR count). The fourth-order valence-electron chi connectivity index (χ4n) is 0.643. The van der Waals surface area contributed by atoms with Crippen LogP contribution in [0.4, 0.5) is 0 Å². The van der Waals surface area contributed by atoms with E-state index in [1.807, 2.05) is 0 Å². The van der Waals surface area contributed by atoms with Gasteiger partial charge in [-0.2, -0.15) is 0 Å². The maximum atomic E-state index is 10.0. The van der Waals surface area contributed by atoms with Gasteiger partial charge in [0, 0.05) is 30.2 Å². The quantitative estimate of drug-likeness (QED) is 0.649. The third-order valence-corrected chi connectivity index (χ3v) is 1.52. The summed E-state index contributed by atoms with van der Waals surface area (Å²) in [5, 5.41) is 0. The summed E-state index contributed by atoms with van der Waals surface area (Å²) in [7, 11) is 0. The Hall–Kier alpha value is -0.780. The number of nitrogens with zero attached hydrogens (tertiary/aromatic N) is 1. The summed E-state index contributed by atoms with van der Waals surface area (Å²) in [5.41, 5.74) is 0.893. The Balaban J connectivity index is 2.45. The van der Waals surface area contributed by atoms with Crippen LogP contribution >= 0.6 is 0 Å². The molecule has 0 aliphatic heterocycles. The minimum absolute atomic E-state index is 0.318. The summed E-state index contributed by atoms with van der Waals surface area (Å²) in [4.78, 5) is 3.79. The monoisotopic (exact) mass is 171 g/mol. The summed E-state index contributed by atoms with van der Waals surface area (Å²) in [6, 6.07) is 3.50. The SMILES string of the molecule is O=S([O-])NCc1ccncc1. The summed E-state index contributed by atoms with van der Waals surface area (Å²) < 4.78 is 22.3. The minimum Gasteiger partial charge on any atom is -0.760 e. The Morgan fingerprint density at radius 1 is 1.55 bits per heavy atom. The Morgan fingerprint density at radius 3 is 2.73 bits per heavy atom. The van der Waals surface area contributed by atoms with Crippen molar-refractivity contribution in [2.45, 2.75) is 6.54 Å². The molecule has 5 heteroatoms. The highest BCUT2D eigenvalue weighted by atomic mass is 32.2. The molecule has 0 aliphatic rings. The lowest BCUT2D eigenvalue weighted by Gasteiger charge is -2.05. The van der Waals surface area contributed by atoms with Gasteiger partial charge < -0.3 is 4.55 Å². The van der Waals surface area contributed by atoms with Crippen molar-refractivity contribution in [3.05, 3.63) is 30.1 Å². The Morgan fingerprint density at radius 2 is 2.18 bits per heavy atom. The number of pyridine rings is 1. The van der Waals surface area contributed by atoms with Crippen molar-refractivity contribution in [2.75, 3.05) is 0 Å². The van der Waals surface area contributed by atoms with Crippen LogP contribution in [-0.4, -0.2) is 13.7 Å². The molecule has 1 aromatic heterocycles. The lowest BCUT2D eigenvalue weighted by atomic mass is 10.3. The summed E-state index contributed by atoms with van der Waals surface area (Å²) in [6.07, 6.45) is 3.23. The largest absolute Gasteiger partial charge is 0.760 e. The number of hydrogen-bond acceptors (Lipinski definition) is 3. The highest BCUT2D eigenvalue weighted by Crippen LogP contribution is 1.94. The molecule has 0 amide bonds. The van der Waals surface area contributed by atoms with Crippen molar-refractivity contribution in [3.63, 3.8) is 0 Å². The molecule has 0 saturated carbocycles. The molecule has 60 valence electrons. The maximum Gasteiger partial charge on any atom is 0.0323 e. The van der Waals surface area contributed by atoms with E-state index in [2.05, 4.69) is 9.71 Å².